The number of amides is 1. The Morgan fingerprint density at radius 1 is 1.14 bits per heavy atom. The predicted octanol–water partition coefficient (Wildman–Crippen LogP) is 2.85. The Morgan fingerprint density at radius 3 is 2.72 bits per heavy atom. The lowest BCUT2D eigenvalue weighted by atomic mass is 10.1. The molecule has 0 saturated carbocycles. The molecule has 1 aliphatic rings. The zero-order chi connectivity index (χ0) is 20.4. The third-order valence-corrected chi connectivity index (χ3v) is 6.54. The Bertz CT molecular complexity index is 1170. The number of pyridine rings is 1. The maximum absolute atomic E-state index is 13.0. The van der Waals surface area contributed by atoms with E-state index in [4.69, 9.17) is 4.74 Å². The summed E-state index contributed by atoms with van der Waals surface area (Å²) in [4.78, 5) is 17.0. The van der Waals surface area contributed by atoms with Gasteiger partial charge in [0.1, 0.15) is 6.54 Å². The van der Waals surface area contributed by atoms with Crippen LogP contribution < -0.4 is 14.4 Å². The van der Waals surface area contributed by atoms with Crippen molar-refractivity contribution >= 4 is 32.4 Å². The van der Waals surface area contributed by atoms with Gasteiger partial charge in [-0.2, -0.15) is 0 Å². The molecule has 0 bridgehead atoms. The zero-order valence-corrected chi connectivity index (χ0v) is 16.8. The van der Waals surface area contributed by atoms with E-state index in [1.807, 2.05) is 25.1 Å². The number of sulfonamides is 1. The number of rotatable bonds is 7. The molecule has 0 saturated heterocycles. The minimum atomic E-state index is -3.76. The summed E-state index contributed by atoms with van der Waals surface area (Å²) in [6, 6.07) is 14.1. The van der Waals surface area contributed by atoms with Crippen molar-refractivity contribution in [3.8, 4) is 5.88 Å². The Kier molecular flexibility index (Phi) is 5.10. The molecule has 3 aromatic rings. The molecule has 150 valence electrons. The molecule has 0 fully saturated rings. The number of nitrogens with one attached hydrogen (secondary N) is 1. The summed E-state index contributed by atoms with van der Waals surface area (Å²) in [7, 11) is -3.76. The first-order chi connectivity index (χ1) is 14.0. The van der Waals surface area contributed by atoms with Crippen LogP contribution in [0.25, 0.3) is 10.8 Å². The van der Waals surface area contributed by atoms with Crippen LogP contribution in [-0.2, 0) is 21.4 Å². The Morgan fingerprint density at radius 2 is 1.93 bits per heavy atom. The van der Waals surface area contributed by atoms with Gasteiger partial charge in [0.05, 0.1) is 17.2 Å². The molecule has 4 rings (SSSR count). The second kappa shape index (κ2) is 7.71. The zero-order valence-electron chi connectivity index (χ0n) is 16.0. The summed E-state index contributed by atoms with van der Waals surface area (Å²) in [5.41, 5.74) is 1.27. The summed E-state index contributed by atoms with van der Waals surface area (Å²) in [5, 5.41) is 4.26. The SMILES string of the molecule is CCCOc1ncccc1CNC(=O)CN1c2cccc3cccc(c23)S1(=O)=O. The van der Waals surface area contributed by atoms with Crippen LogP contribution >= 0.6 is 0 Å². The van der Waals surface area contributed by atoms with Crippen LogP contribution in [0.1, 0.15) is 18.9 Å². The maximum Gasteiger partial charge on any atom is 0.265 e. The van der Waals surface area contributed by atoms with E-state index < -0.39 is 15.9 Å². The van der Waals surface area contributed by atoms with Crippen molar-refractivity contribution in [1.29, 1.82) is 0 Å². The molecule has 0 spiro atoms. The molecule has 1 N–H and O–H groups in total. The van der Waals surface area contributed by atoms with Gasteiger partial charge in [0.2, 0.25) is 11.8 Å². The van der Waals surface area contributed by atoms with E-state index in [2.05, 4.69) is 10.3 Å². The van der Waals surface area contributed by atoms with Crippen LogP contribution in [0.5, 0.6) is 5.88 Å². The van der Waals surface area contributed by atoms with Crippen LogP contribution in [0.3, 0.4) is 0 Å². The van der Waals surface area contributed by atoms with Gasteiger partial charge in [-0.1, -0.05) is 37.3 Å². The molecule has 2 heterocycles. The number of benzene rings is 2. The molecular weight excluding hydrogens is 390 g/mol. The number of hydrogen-bond donors (Lipinski definition) is 1. The molecule has 0 radical (unpaired) electrons. The number of carbonyl (C=O) groups is 1. The second-order valence-electron chi connectivity index (χ2n) is 6.74. The highest BCUT2D eigenvalue weighted by molar-refractivity contribution is 7.93. The summed E-state index contributed by atoms with van der Waals surface area (Å²) < 4.78 is 32.7. The van der Waals surface area contributed by atoms with Gasteiger partial charge in [0.25, 0.3) is 10.0 Å². The Labute approximate surface area is 169 Å². The molecule has 7 nitrogen and oxygen atoms in total. The normalized spacial score (nSPS) is 14.2. The summed E-state index contributed by atoms with van der Waals surface area (Å²) in [5.74, 6) is 0.0734. The molecule has 8 heteroatoms. The third kappa shape index (κ3) is 3.51. The fraction of sp³-hybridized carbons (Fsp3) is 0.238. The van der Waals surface area contributed by atoms with E-state index in [1.165, 1.54) is 0 Å². The van der Waals surface area contributed by atoms with Gasteiger partial charge in [-0.15, -0.1) is 0 Å². The van der Waals surface area contributed by atoms with E-state index >= 15 is 0 Å². The number of aromatic nitrogens is 1. The van der Waals surface area contributed by atoms with Gasteiger partial charge in [0.15, 0.2) is 0 Å². The van der Waals surface area contributed by atoms with Crippen LogP contribution in [0.2, 0.25) is 0 Å². The van der Waals surface area contributed by atoms with Gasteiger partial charge < -0.3 is 10.1 Å². The molecule has 1 aromatic heterocycles. The summed E-state index contributed by atoms with van der Waals surface area (Å²) in [6.07, 6.45) is 2.48. The Balaban J connectivity index is 1.51. The van der Waals surface area contributed by atoms with Crippen molar-refractivity contribution in [3.05, 3.63) is 60.3 Å². The van der Waals surface area contributed by atoms with Crippen LogP contribution in [0, 0.1) is 0 Å². The molecule has 2 aromatic carbocycles. The lowest BCUT2D eigenvalue weighted by molar-refractivity contribution is -0.119. The first kappa shape index (κ1) is 19.2. The monoisotopic (exact) mass is 411 g/mol. The van der Waals surface area contributed by atoms with Crippen LogP contribution in [0.15, 0.2) is 59.6 Å². The fourth-order valence-corrected chi connectivity index (χ4v) is 5.06. The van der Waals surface area contributed by atoms with Gasteiger partial charge in [-0.3, -0.25) is 9.10 Å². The number of carbonyl (C=O) groups excluding carboxylic acids is 1. The van der Waals surface area contributed by atoms with Gasteiger partial charge in [-0.05, 0) is 30.0 Å². The second-order valence-corrected chi connectivity index (χ2v) is 8.57. The standard InChI is InChI=1S/C21H21N3O4S/c1-2-12-28-21-16(8-5-11-22-21)13-23-19(25)14-24-17-9-3-6-15-7-4-10-18(20(15)17)29(24,26)27/h3-11H,2,12-14H2,1H3,(H,23,25). The predicted molar refractivity (Wildman–Crippen MR) is 110 cm³/mol. The summed E-state index contributed by atoms with van der Waals surface area (Å²) >= 11 is 0. The first-order valence-corrected chi connectivity index (χ1v) is 10.8. The highest BCUT2D eigenvalue weighted by Crippen LogP contribution is 2.41. The maximum atomic E-state index is 13.0. The number of nitrogens with zero attached hydrogens (tertiary/aromatic N) is 2. The van der Waals surface area contributed by atoms with Crippen molar-refractivity contribution in [3.63, 3.8) is 0 Å². The van der Waals surface area contributed by atoms with E-state index in [9.17, 15) is 13.2 Å². The molecule has 0 aliphatic carbocycles. The minimum absolute atomic E-state index is 0.205. The lowest BCUT2D eigenvalue weighted by Gasteiger charge is -2.18. The fourth-order valence-electron chi connectivity index (χ4n) is 3.40. The van der Waals surface area contributed by atoms with Crippen LogP contribution in [0.4, 0.5) is 5.69 Å². The smallest absolute Gasteiger partial charge is 0.265 e. The topological polar surface area (TPSA) is 88.6 Å². The lowest BCUT2D eigenvalue weighted by Crippen LogP contribution is -2.38. The largest absolute Gasteiger partial charge is 0.477 e. The van der Waals surface area contributed by atoms with Gasteiger partial charge >= 0.3 is 0 Å². The highest BCUT2D eigenvalue weighted by atomic mass is 32.2. The summed E-state index contributed by atoms with van der Waals surface area (Å²) in [6.45, 7) is 2.45. The number of anilines is 1. The van der Waals surface area contributed by atoms with E-state index in [-0.39, 0.29) is 18.0 Å². The molecule has 0 atom stereocenters. The Hall–Kier alpha value is -3.13. The quantitative estimate of drug-likeness (QED) is 0.646. The van der Waals surface area contributed by atoms with Crippen molar-refractivity contribution in [2.45, 2.75) is 24.8 Å². The average molecular weight is 411 g/mol. The van der Waals surface area contributed by atoms with Gasteiger partial charge in [0, 0.05) is 23.7 Å². The molecular formula is C21H21N3O4S. The highest BCUT2D eigenvalue weighted by Gasteiger charge is 2.36. The third-order valence-electron chi connectivity index (χ3n) is 4.74. The molecule has 0 unspecified atom stereocenters. The van der Waals surface area contributed by atoms with E-state index in [1.54, 1.807) is 36.5 Å². The molecule has 29 heavy (non-hydrogen) atoms. The van der Waals surface area contributed by atoms with E-state index in [0.29, 0.717) is 23.6 Å². The minimum Gasteiger partial charge on any atom is -0.477 e. The van der Waals surface area contributed by atoms with E-state index in [0.717, 1.165) is 21.7 Å². The van der Waals surface area contributed by atoms with Crippen molar-refractivity contribution in [2.75, 3.05) is 17.5 Å². The van der Waals surface area contributed by atoms with Crippen molar-refractivity contribution in [1.82, 2.24) is 10.3 Å². The molecule has 1 aliphatic heterocycles. The van der Waals surface area contributed by atoms with Crippen molar-refractivity contribution in [2.24, 2.45) is 0 Å². The first-order valence-electron chi connectivity index (χ1n) is 9.40. The van der Waals surface area contributed by atoms with Gasteiger partial charge in [-0.25, -0.2) is 13.4 Å². The molecule has 1 amide bonds. The number of hydrogen-bond acceptors (Lipinski definition) is 5. The van der Waals surface area contributed by atoms with Crippen LogP contribution in [-0.4, -0.2) is 32.5 Å². The van der Waals surface area contributed by atoms with Crippen molar-refractivity contribution < 1.29 is 17.9 Å². The average Bonchev–Trinajstić information content (AvgIpc) is 2.94. The number of ether oxygens (including phenoxy) is 1.